The minimum absolute atomic E-state index is 0.00664. The zero-order valence-electron chi connectivity index (χ0n) is 12.6. The Morgan fingerprint density at radius 3 is 2.68 bits per heavy atom. The molecule has 0 bridgehead atoms. The molecule has 1 heterocycles. The quantitative estimate of drug-likeness (QED) is 0.674. The van der Waals surface area contributed by atoms with Gasteiger partial charge < -0.3 is 10.7 Å². The van der Waals surface area contributed by atoms with Crippen molar-refractivity contribution in [1.82, 2.24) is 14.9 Å². The van der Waals surface area contributed by atoms with E-state index in [0.29, 0.717) is 11.1 Å². The molecular formula is C15H19N5OS. The number of amides is 1. The van der Waals surface area contributed by atoms with Crippen LogP contribution in [0.5, 0.6) is 0 Å². The van der Waals surface area contributed by atoms with Crippen LogP contribution in [0.2, 0.25) is 0 Å². The smallest absolute Gasteiger partial charge is 0.240 e. The molecule has 1 aliphatic rings. The summed E-state index contributed by atoms with van der Waals surface area (Å²) in [7, 11) is 1.78. The van der Waals surface area contributed by atoms with Crippen molar-refractivity contribution < 1.29 is 4.79 Å². The SMILES string of the molecule is C[C@@H](Sc1nnc(C2CC2)n1N)C(=O)N(C)c1ccccc1. The van der Waals surface area contributed by atoms with Gasteiger partial charge in [0.25, 0.3) is 0 Å². The van der Waals surface area contributed by atoms with Gasteiger partial charge in [-0.2, -0.15) is 0 Å². The number of hydrogen-bond acceptors (Lipinski definition) is 5. The molecule has 1 aliphatic carbocycles. The number of nitrogens with zero attached hydrogens (tertiary/aromatic N) is 4. The van der Waals surface area contributed by atoms with Gasteiger partial charge in [0.1, 0.15) is 0 Å². The molecule has 2 N–H and O–H groups in total. The summed E-state index contributed by atoms with van der Waals surface area (Å²) >= 11 is 1.34. The predicted molar refractivity (Wildman–Crippen MR) is 87.3 cm³/mol. The highest BCUT2D eigenvalue weighted by molar-refractivity contribution is 8.00. The number of nitrogens with two attached hydrogens (primary N) is 1. The molecule has 7 heteroatoms. The second kappa shape index (κ2) is 6.00. The highest BCUT2D eigenvalue weighted by Gasteiger charge is 2.31. The molecule has 1 fully saturated rings. The first-order chi connectivity index (χ1) is 10.6. The zero-order chi connectivity index (χ0) is 15.7. The largest absolute Gasteiger partial charge is 0.336 e. The first kappa shape index (κ1) is 14.9. The fourth-order valence-electron chi connectivity index (χ4n) is 2.25. The van der Waals surface area contributed by atoms with Crippen LogP contribution in [0.1, 0.15) is 31.5 Å². The van der Waals surface area contributed by atoms with Crippen molar-refractivity contribution in [2.45, 2.75) is 36.1 Å². The maximum Gasteiger partial charge on any atom is 0.240 e. The average molecular weight is 317 g/mol. The molecule has 1 saturated carbocycles. The Kier molecular flexibility index (Phi) is 4.06. The van der Waals surface area contributed by atoms with Gasteiger partial charge in [0, 0.05) is 18.7 Å². The number of anilines is 1. The van der Waals surface area contributed by atoms with E-state index in [9.17, 15) is 4.79 Å². The maximum absolute atomic E-state index is 12.5. The van der Waals surface area contributed by atoms with Crippen LogP contribution in [-0.4, -0.2) is 33.1 Å². The summed E-state index contributed by atoms with van der Waals surface area (Å²) in [5.74, 6) is 7.29. The van der Waals surface area contributed by atoms with Crippen molar-refractivity contribution in [1.29, 1.82) is 0 Å². The molecule has 116 valence electrons. The Morgan fingerprint density at radius 2 is 2.05 bits per heavy atom. The number of carbonyl (C=O) groups is 1. The molecule has 1 aromatic heterocycles. The molecule has 0 radical (unpaired) electrons. The van der Waals surface area contributed by atoms with Gasteiger partial charge in [0.15, 0.2) is 5.82 Å². The second-order valence-corrected chi connectivity index (χ2v) is 6.79. The number of carbonyl (C=O) groups excluding carboxylic acids is 1. The highest BCUT2D eigenvalue weighted by Crippen LogP contribution is 2.39. The Morgan fingerprint density at radius 1 is 1.36 bits per heavy atom. The summed E-state index contributed by atoms with van der Waals surface area (Å²) < 4.78 is 1.52. The number of benzene rings is 1. The highest BCUT2D eigenvalue weighted by atomic mass is 32.2. The number of hydrogen-bond donors (Lipinski definition) is 1. The topological polar surface area (TPSA) is 77.0 Å². The van der Waals surface area contributed by atoms with E-state index in [1.54, 1.807) is 11.9 Å². The molecule has 2 aromatic rings. The second-order valence-electron chi connectivity index (χ2n) is 5.48. The third-order valence-corrected chi connectivity index (χ3v) is 4.78. The van der Waals surface area contributed by atoms with Crippen LogP contribution < -0.4 is 10.7 Å². The van der Waals surface area contributed by atoms with E-state index in [0.717, 1.165) is 24.4 Å². The Bertz CT molecular complexity index is 668. The van der Waals surface area contributed by atoms with Gasteiger partial charge in [0.05, 0.1) is 5.25 Å². The molecular weight excluding hydrogens is 298 g/mol. The number of rotatable bonds is 5. The lowest BCUT2D eigenvalue weighted by Crippen LogP contribution is -2.33. The third kappa shape index (κ3) is 2.94. The first-order valence-corrected chi connectivity index (χ1v) is 8.15. The van der Waals surface area contributed by atoms with Gasteiger partial charge in [-0.15, -0.1) is 10.2 Å². The van der Waals surface area contributed by atoms with E-state index in [1.165, 1.54) is 16.4 Å². The normalized spacial score (nSPS) is 15.5. The molecule has 3 rings (SSSR count). The summed E-state index contributed by atoms with van der Waals surface area (Å²) in [6, 6.07) is 9.57. The summed E-state index contributed by atoms with van der Waals surface area (Å²) in [5, 5.41) is 8.55. The van der Waals surface area contributed by atoms with Crippen molar-refractivity contribution in [3.63, 3.8) is 0 Å². The van der Waals surface area contributed by atoms with Crippen LogP contribution in [0.4, 0.5) is 5.69 Å². The zero-order valence-corrected chi connectivity index (χ0v) is 13.5. The molecule has 0 saturated heterocycles. The lowest BCUT2D eigenvalue weighted by molar-refractivity contribution is -0.117. The molecule has 0 spiro atoms. The maximum atomic E-state index is 12.5. The predicted octanol–water partition coefficient (Wildman–Crippen LogP) is 2.01. The molecule has 0 aliphatic heterocycles. The van der Waals surface area contributed by atoms with Gasteiger partial charge in [-0.05, 0) is 31.9 Å². The summed E-state index contributed by atoms with van der Waals surface area (Å²) in [5.41, 5.74) is 0.868. The van der Waals surface area contributed by atoms with Crippen molar-refractivity contribution >= 4 is 23.4 Å². The fourth-order valence-corrected chi connectivity index (χ4v) is 3.12. The van der Waals surface area contributed by atoms with Crippen molar-refractivity contribution in [3.05, 3.63) is 36.2 Å². The van der Waals surface area contributed by atoms with Gasteiger partial charge >= 0.3 is 0 Å². The van der Waals surface area contributed by atoms with Crippen LogP contribution in [-0.2, 0) is 4.79 Å². The third-order valence-electron chi connectivity index (χ3n) is 3.74. The molecule has 22 heavy (non-hydrogen) atoms. The first-order valence-electron chi connectivity index (χ1n) is 7.27. The summed E-state index contributed by atoms with van der Waals surface area (Å²) in [6.45, 7) is 1.86. The van der Waals surface area contributed by atoms with Crippen LogP contribution in [0.15, 0.2) is 35.5 Å². The van der Waals surface area contributed by atoms with Gasteiger partial charge in [-0.3, -0.25) is 4.79 Å². The molecule has 1 atom stereocenters. The lowest BCUT2D eigenvalue weighted by Gasteiger charge is -2.20. The van der Waals surface area contributed by atoms with Crippen LogP contribution in [0.3, 0.4) is 0 Å². The number of nitrogen functional groups attached to an aromatic ring is 1. The standard InChI is InChI=1S/C15H19N5OS/c1-10(14(21)19(2)12-6-4-3-5-7-12)22-15-18-17-13(20(15)16)11-8-9-11/h3-7,10-11H,8-9,16H2,1-2H3/t10-/m1/s1. The molecule has 6 nitrogen and oxygen atoms in total. The van der Waals surface area contributed by atoms with Gasteiger partial charge in [-0.1, -0.05) is 30.0 Å². The Labute approximate surface area is 133 Å². The van der Waals surface area contributed by atoms with E-state index >= 15 is 0 Å². The minimum atomic E-state index is -0.288. The van der Waals surface area contributed by atoms with E-state index in [4.69, 9.17) is 5.84 Å². The Hall–Kier alpha value is -2.02. The van der Waals surface area contributed by atoms with Crippen molar-refractivity contribution in [2.24, 2.45) is 0 Å². The van der Waals surface area contributed by atoms with Crippen LogP contribution in [0, 0.1) is 0 Å². The van der Waals surface area contributed by atoms with E-state index in [1.807, 2.05) is 37.3 Å². The van der Waals surface area contributed by atoms with Gasteiger partial charge in [0.2, 0.25) is 11.1 Å². The average Bonchev–Trinajstić information content (AvgIpc) is 3.32. The fraction of sp³-hybridized carbons (Fsp3) is 0.400. The van der Waals surface area contributed by atoms with Gasteiger partial charge in [-0.25, -0.2) is 4.68 Å². The van der Waals surface area contributed by atoms with Crippen molar-refractivity contribution in [3.8, 4) is 0 Å². The van der Waals surface area contributed by atoms with E-state index < -0.39 is 0 Å². The molecule has 1 amide bonds. The number of thioether (sulfide) groups is 1. The van der Waals surface area contributed by atoms with Crippen LogP contribution >= 0.6 is 11.8 Å². The lowest BCUT2D eigenvalue weighted by atomic mass is 10.3. The monoisotopic (exact) mass is 317 g/mol. The molecule has 0 unspecified atom stereocenters. The molecule has 1 aromatic carbocycles. The number of aromatic nitrogens is 3. The number of para-hydroxylation sites is 1. The van der Waals surface area contributed by atoms with E-state index in [-0.39, 0.29) is 11.2 Å². The summed E-state index contributed by atoms with van der Waals surface area (Å²) in [4.78, 5) is 14.2. The van der Waals surface area contributed by atoms with Crippen LogP contribution in [0.25, 0.3) is 0 Å². The van der Waals surface area contributed by atoms with E-state index in [2.05, 4.69) is 10.2 Å². The Balaban J connectivity index is 1.68. The minimum Gasteiger partial charge on any atom is -0.336 e. The summed E-state index contributed by atoms with van der Waals surface area (Å²) in [6.07, 6.45) is 2.23. The van der Waals surface area contributed by atoms with Crippen molar-refractivity contribution in [2.75, 3.05) is 17.8 Å².